The van der Waals surface area contributed by atoms with E-state index in [2.05, 4.69) is 5.32 Å². The maximum atomic E-state index is 12.1. The third kappa shape index (κ3) is 7.64. The molecule has 1 aliphatic heterocycles. The fourth-order valence-corrected chi connectivity index (χ4v) is 4.93. The first-order chi connectivity index (χ1) is 18.1. The van der Waals surface area contributed by atoms with Gasteiger partial charge < -0.3 is 25.0 Å². The molecule has 11 heteroatoms. The van der Waals surface area contributed by atoms with Crippen LogP contribution in [-0.2, 0) is 20.9 Å². The maximum Gasteiger partial charge on any atom is 0.335 e. The van der Waals surface area contributed by atoms with E-state index in [1.807, 2.05) is 30.3 Å². The van der Waals surface area contributed by atoms with Crippen LogP contribution in [0.4, 0.5) is 5.69 Å². The van der Waals surface area contributed by atoms with E-state index < -0.39 is 22.0 Å². The first kappa shape index (κ1) is 28.7. The van der Waals surface area contributed by atoms with E-state index >= 15 is 0 Å². The molecule has 200 valence electrons. The van der Waals surface area contributed by atoms with Gasteiger partial charge in [0.05, 0.1) is 24.4 Å². The van der Waals surface area contributed by atoms with Gasteiger partial charge in [0, 0.05) is 28.3 Å². The van der Waals surface area contributed by atoms with Gasteiger partial charge in [0.15, 0.2) is 6.29 Å². The monoisotopic (exact) mass is 595 g/mol. The molecule has 1 aliphatic rings. The van der Waals surface area contributed by atoms with Gasteiger partial charge in [0.1, 0.15) is 0 Å². The Balaban J connectivity index is 1.53. The number of aromatic carboxylic acids is 1. The Morgan fingerprint density at radius 1 is 0.974 bits per heavy atom. The average Bonchev–Trinajstić information content (AvgIpc) is 2.91. The topological polar surface area (TPSA) is 105 Å². The van der Waals surface area contributed by atoms with Gasteiger partial charge in [-0.05, 0) is 47.5 Å². The highest BCUT2D eigenvalue weighted by Crippen LogP contribution is 2.40. The van der Waals surface area contributed by atoms with E-state index in [4.69, 9.17) is 49.4 Å². The molecule has 0 unspecified atom stereocenters. The van der Waals surface area contributed by atoms with E-state index in [0.717, 1.165) is 16.0 Å². The van der Waals surface area contributed by atoms with Crippen molar-refractivity contribution in [1.29, 1.82) is 0 Å². The zero-order valence-corrected chi connectivity index (χ0v) is 22.9. The van der Waals surface area contributed by atoms with Crippen molar-refractivity contribution in [2.24, 2.45) is 0 Å². The van der Waals surface area contributed by atoms with Gasteiger partial charge in [0.25, 0.3) is 9.70 Å². The highest BCUT2D eigenvalue weighted by atomic mass is 35.6. The molecule has 7 nitrogen and oxygen atoms in total. The van der Waals surface area contributed by atoms with Gasteiger partial charge in [-0.3, -0.25) is 4.79 Å². The molecule has 3 aromatic carbocycles. The first-order valence-electron chi connectivity index (χ1n) is 11.6. The molecule has 1 fully saturated rings. The van der Waals surface area contributed by atoms with Gasteiger partial charge in [-0.1, -0.05) is 71.2 Å². The van der Waals surface area contributed by atoms with Crippen molar-refractivity contribution in [2.75, 3.05) is 11.1 Å². The Morgan fingerprint density at radius 2 is 1.68 bits per heavy atom. The number of carbonyl (C=O) groups excluding carboxylic acids is 1. The summed E-state index contributed by atoms with van der Waals surface area (Å²) in [5.74, 6) is -1.16. The summed E-state index contributed by atoms with van der Waals surface area (Å²) in [6.07, 6.45) is -0.657. The Hall–Kier alpha value is -2.30. The number of rotatable bonds is 8. The zero-order valence-electron chi connectivity index (χ0n) is 19.9. The SMILES string of the molecule is O=C(O)c1ccc(SC[C@H]2C[C@@H](c3ccc(CO)cc3)O[C@@H](c3cccc(NC(=O)C(Cl)(Cl)Cl)c3)O2)cc1. The van der Waals surface area contributed by atoms with E-state index in [0.29, 0.717) is 23.4 Å². The number of ether oxygens (including phenoxy) is 2. The smallest absolute Gasteiger partial charge is 0.335 e. The number of hydrogen-bond acceptors (Lipinski definition) is 6. The van der Waals surface area contributed by atoms with Crippen molar-refractivity contribution < 1.29 is 29.3 Å². The Morgan fingerprint density at radius 3 is 2.32 bits per heavy atom. The number of hydrogen-bond donors (Lipinski definition) is 3. The second kappa shape index (κ2) is 12.7. The van der Waals surface area contributed by atoms with Crippen LogP contribution in [0.1, 0.15) is 45.9 Å². The molecule has 0 spiro atoms. The Labute approximate surface area is 239 Å². The van der Waals surface area contributed by atoms with Gasteiger partial charge in [0.2, 0.25) is 0 Å². The molecule has 3 N–H and O–H groups in total. The molecule has 1 saturated heterocycles. The van der Waals surface area contributed by atoms with E-state index in [-0.39, 0.29) is 24.4 Å². The second-order valence-corrected chi connectivity index (χ2v) is 11.9. The fraction of sp³-hybridized carbons (Fsp3) is 0.259. The quantitative estimate of drug-likeness (QED) is 0.201. The van der Waals surface area contributed by atoms with Crippen LogP contribution in [0.3, 0.4) is 0 Å². The molecular weight excluding hydrogens is 573 g/mol. The van der Waals surface area contributed by atoms with Crippen molar-refractivity contribution >= 4 is 64.1 Å². The average molecular weight is 597 g/mol. The van der Waals surface area contributed by atoms with Crippen LogP contribution < -0.4 is 5.32 Å². The lowest BCUT2D eigenvalue weighted by Crippen LogP contribution is -2.31. The minimum atomic E-state index is -2.11. The van der Waals surface area contributed by atoms with Crippen LogP contribution in [0, 0.1) is 0 Å². The van der Waals surface area contributed by atoms with Crippen LogP contribution in [0.5, 0.6) is 0 Å². The molecule has 3 atom stereocenters. The van der Waals surface area contributed by atoms with Crippen molar-refractivity contribution in [1.82, 2.24) is 0 Å². The summed E-state index contributed by atoms with van der Waals surface area (Å²) < 4.78 is 10.5. The van der Waals surface area contributed by atoms with Crippen molar-refractivity contribution in [3.63, 3.8) is 0 Å². The number of carbonyl (C=O) groups is 2. The summed E-state index contributed by atoms with van der Waals surface area (Å²) >= 11 is 18.6. The molecule has 0 bridgehead atoms. The largest absolute Gasteiger partial charge is 0.478 e. The number of thioether (sulfide) groups is 1. The fourth-order valence-electron chi connectivity index (χ4n) is 3.87. The van der Waals surface area contributed by atoms with Gasteiger partial charge in [-0.25, -0.2) is 4.79 Å². The van der Waals surface area contributed by atoms with Crippen molar-refractivity contribution in [2.45, 2.75) is 40.2 Å². The van der Waals surface area contributed by atoms with Gasteiger partial charge >= 0.3 is 5.97 Å². The predicted molar refractivity (Wildman–Crippen MR) is 148 cm³/mol. The molecule has 3 aromatic rings. The van der Waals surface area contributed by atoms with Crippen LogP contribution in [0.2, 0.25) is 0 Å². The summed E-state index contributed by atoms with van der Waals surface area (Å²) in [7, 11) is 0. The van der Waals surface area contributed by atoms with Crippen LogP contribution in [-0.4, -0.2) is 37.7 Å². The summed E-state index contributed by atoms with van der Waals surface area (Å²) in [6.45, 7) is -0.0514. The summed E-state index contributed by atoms with van der Waals surface area (Å²) in [5.41, 5.74) is 3.06. The molecular formula is C27H24Cl3NO6S. The molecule has 4 rings (SSSR count). The van der Waals surface area contributed by atoms with E-state index in [1.54, 1.807) is 54.2 Å². The van der Waals surface area contributed by atoms with Crippen LogP contribution in [0.25, 0.3) is 0 Å². The molecule has 1 heterocycles. The minimum Gasteiger partial charge on any atom is -0.478 e. The van der Waals surface area contributed by atoms with Gasteiger partial charge in [-0.2, -0.15) is 0 Å². The van der Waals surface area contributed by atoms with Crippen molar-refractivity contribution in [3.8, 4) is 0 Å². The predicted octanol–water partition coefficient (Wildman–Crippen LogP) is 6.52. The normalized spacial score (nSPS) is 19.6. The van der Waals surface area contributed by atoms with Crippen LogP contribution in [0.15, 0.2) is 77.7 Å². The summed E-state index contributed by atoms with van der Waals surface area (Å²) in [4.78, 5) is 24.2. The minimum absolute atomic E-state index is 0.0514. The number of carboxylic acid groups (broad SMARTS) is 1. The van der Waals surface area contributed by atoms with Crippen LogP contribution >= 0.6 is 46.6 Å². The standard InChI is InChI=1S/C27H24Cl3NO6S/c28-27(29,30)26(35)31-20-3-1-2-19(12-20)25-36-21(15-38-22-10-8-18(9-11-22)24(33)34)13-23(37-25)17-6-4-16(14-32)5-7-17/h1-12,21,23,25,32H,13-15H2,(H,31,35)(H,33,34)/t21-,23+,25+/m1/s1. The van der Waals surface area contributed by atoms with E-state index in [1.165, 1.54) is 0 Å². The third-order valence-corrected chi connectivity index (χ3v) is 7.49. The number of amides is 1. The maximum absolute atomic E-state index is 12.1. The van der Waals surface area contributed by atoms with E-state index in [9.17, 15) is 14.7 Å². The lowest BCUT2D eigenvalue weighted by molar-refractivity contribution is -0.245. The number of carboxylic acids is 1. The van der Waals surface area contributed by atoms with Crippen molar-refractivity contribution in [3.05, 3.63) is 95.1 Å². The highest BCUT2D eigenvalue weighted by molar-refractivity contribution is 7.99. The Bertz CT molecular complexity index is 1270. The number of alkyl halides is 3. The van der Waals surface area contributed by atoms with Gasteiger partial charge in [-0.15, -0.1) is 11.8 Å². The number of anilines is 1. The lowest BCUT2D eigenvalue weighted by atomic mass is 10.0. The molecule has 38 heavy (non-hydrogen) atoms. The molecule has 0 radical (unpaired) electrons. The number of aliphatic hydroxyl groups excluding tert-OH is 1. The highest BCUT2D eigenvalue weighted by Gasteiger charge is 2.33. The number of nitrogens with one attached hydrogen (secondary N) is 1. The zero-order chi connectivity index (χ0) is 27.3. The number of aliphatic hydroxyl groups is 1. The number of halogens is 3. The third-order valence-electron chi connectivity index (χ3n) is 5.83. The summed E-state index contributed by atoms with van der Waals surface area (Å²) in [5, 5.41) is 21.1. The molecule has 0 saturated carbocycles. The number of benzene rings is 3. The summed E-state index contributed by atoms with van der Waals surface area (Å²) in [6, 6.07) is 21.2. The molecule has 0 aromatic heterocycles. The Kier molecular flexibility index (Phi) is 9.59. The second-order valence-electron chi connectivity index (χ2n) is 8.57. The molecule has 0 aliphatic carbocycles. The first-order valence-corrected chi connectivity index (χ1v) is 13.7. The molecule has 1 amide bonds. The lowest BCUT2D eigenvalue weighted by Gasteiger charge is -2.36.